The maximum Gasteiger partial charge on any atom is 0.407 e. The van der Waals surface area contributed by atoms with Crippen LogP contribution in [0.4, 0.5) is 4.79 Å². The van der Waals surface area contributed by atoms with E-state index >= 15 is 0 Å². The van der Waals surface area contributed by atoms with Crippen molar-refractivity contribution in [2.45, 2.75) is 52.2 Å². The number of amides is 1. The van der Waals surface area contributed by atoms with Crippen LogP contribution in [0.5, 0.6) is 0 Å². The highest BCUT2D eigenvalue weighted by molar-refractivity contribution is 7.88. The molecule has 0 heterocycles. The number of carbonyl (C=O) groups excluding carboxylic acids is 1. The summed E-state index contributed by atoms with van der Waals surface area (Å²) < 4.78 is 30.0. The van der Waals surface area contributed by atoms with E-state index in [1.807, 2.05) is 20.8 Å². The van der Waals surface area contributed by atoms with Gasteiger partial charge < -0.3 is 15.4 Å². The van der Waals surface area contributed by atoms with Gasteiger partial charge >= 0.3 is 6.09 Å². The van der Waals surface area contributed by atoms with E-state index in [1.54, 1.807) is 13.8 Å². The van der Waals surface area contributed by atoms with Gasteiger partial charge in [-0.2, -0.15) is 0 Å². The standard InChI is InChI=1S/C13H29N3O4S/c1-12(2,3)20-11(17)15-9-7-8-14-10-13(4,5)16-21(6,18)19/h14,16H,7-10H2,1-6H3,(H,15,17). The number of hydrogen-bond donors (Lipinski definition) is 3. The Balaban J connectivity index is 3.76. The number of rotatable bonds is 8. The molecule has 0 rings (SSSR count). The van der Waals surface area contributed by atoms with Crippen LogP contribution in [0.1, 0.15) is 41.0 Å². The molecule has 0 aromatic rings. The van der Waals surface area contributed by atoms with Crippen molar-refractivity contribution in [1.82, 2.24) is 15.4 Å². The average molecular weight is 323 g/mol. The van der Waals surface area contributed by atoms with E-state index < -0.39 is 27.3 Å². The maximum absolute atomic E-state index is 11.4. The lowest BCUT2D eigenvalue weighted by Gasteiger charge is -2.25. The zero-order valence-corrected chi connectivity index (χ0v) is 14.7. The largest absolute Gasteiger partial charge is 0.444 e. The molecular formula is C13H29N3O4S. The summed E-state index contributed by atoms with van der Waals surface area (Å²) in [5.41, 5.74) is -1.05. The summed E-state index contributed by atoms with van der Waals surface area (Å²) in [5.74, 6) is 0. The molecule has 21 heavy (non-hydrogen) atoms. The van der Waals surface area contributed by atoms with Crippen molar-refractivity contribution in [3.8, 4) is 0 Å². The molecular weight excluding hydrogens is 294 g/mol. The lowest BCUT2D eigenvalue weighted by Crippen LogP contribution is -2.50. The number of nitrogens with one attached hydrogen (secondary N) is 3. The first kappa shape index (κ1) is 20.1. The molecule has 0 aromatic carbocycles. The van der Waals surface area contributed by atoms with Gasteiger partial charge in [-0.1, -0.05) is 0 Å². The Kier molecular flexibility index (Phi) is 7.63. The first-order valence-electron chi connectivity index (χ1n) is 6.97. The van der Waals surface area contributed by atoms with E-state index in [0.717, 1.165) is 12.7 Å². The van der Waals surface area contributed by atoms with Gasteiger partial charge in [-0.15, -0.1) is 0 Å². The number of ether oxygens (including phenoxy) is 1. The van der Waals surface area contributed by atoms with Crippen LogP contribution in [0.3, 0.4) is 0 Å². The molecule has 0 aromatic heterocycles. The topological polar surface area (TPSA) is 96.5 Å². The highest BCUT2D eigenvalue weighted by Crippen LogP contribution is 2.06. The van der Waals surface area contributed by atoms with Crippen LogP contribution in [-0.2, 0) is 14.8 Å². The molecule has 8 heteroatoms. The molecule has 0 atom stereocenters. The molecule has 0 aliphatic heterocycles. The van der Waals surface area contributed by atoms with Crippen molar-refractivity contribution in [3.63, 3.8) is 0 Å². The van der Waals surface area contributed by atoms with Crippen molar-refractivity contribution in [2.75, 3.05) is 25.9 Å². The minimum absolute atomic E-state index is 0.429. The van der Waals surface area contributed by atoms with E-state index in [4.69, 9.17) is 4.74 Å². The Labute approximate surface area is 128 Å². The number of hydrogen-bond acceptors (Lipinski definition) is 5. The van der Waals surface area contributed by atoms with Gasteiger partial charge in [0.1, 0.15) is 5.60 Å². The summed E-state index contributed by atoms with van der Waals surface area (Å²) in [6, 6.07) is 0. The SMILES string of the molecule is CC(C)(CNCCCNC(=O)OC(C)(C)C)NS(C)(=O)=O. The molecule has 126 valence electrons. The van der Waals surface area contributed by atoms with Crippen LogP contribution in [0, 0.1) is 0 Å². The van der Waals surface area contributed by atoms with E-state index in [1.165, 1.54) is 0 Å². The van der Waals surface area contributed by atoms with Crippen molar-refractivity contribution < 1.29 is 17.9 Å². The predicted molar refractivity (Wildman–Crippen MR) is 83.8 cm³/mol. The van der Waals surface area contributed by atoms with Gasteiger partial charge in [-0.05, 0) is 47.6 Å². The van der Waals surface area contributed by atoms with Crippen molar-refractivity contribution in [3.05, 3.63) is 0 Å². The van der Waals surface area contributed by atoms with E-state index in [-0.39, 0.29) is 0 Å². The molecule has 0 unspecified atom stereocenters. The van der Waals surface area contributed by atoms with Crippen LogP contribution >= 0.6 is 0 Å². The normalized spacial score (nSPS) is 13.0. The molecule has 0 aliphatic rings. The molecule has 0 spiro atoms. The Morgan fingerprint density at radius 3 is 2.14 bits per heavy atom. The summed E-state index contributed by atoms with van der Waals surface area (Å²) in [7, 11) is -3.22. The van der Waals surface area contributed by atoms with Crippen LogP contribution in [0.2, 0.25) is 0 Å². The van der Waals surface area contributed by atoms with E-state index in [0.29, 0.717) is 19.6 Å². The summed E-state index contributed by atoms with van der Waals surface area (Å²) in [6.45, 7) is 10.7. The van der Waals surface area contributed by atoms with Gasteiger partial charge in [0, 0.05) is 18.6 Å². The fourth-order valence-electron chi connectivity index (χ4n) is 1.66. The van der Waals surface area contributed by atoms with Gasteiger partial charge in [-0.25, -0.2) is 17.9 Å². The van der Waals surface area contributed by atoms with Crippen LogP contribution < -0.4 is 15.4 Å². The van der Waals surface area contributed by atoms with Gasteiger partial charge in [0.15, 0.2) is 0 Å². The summed E-state index contributed by atoms with van der Waals surface area (Å²) in [6.07, 6.45) is 1.44. The fourth-order valence-corrected chi connectivity index (χ4v) is 2.73. The van der Waals surface area contributed by atoms with Gasteiger partial charge in [-0.3, -0.25) is 0 Å². The monoisotopic (exact) mass is 323 g/mol. The number of sulfonamides is 1. The van der Waals surface area contributed by atoms with Crippen LogP contribution in [0.15, 0.2) is 0 Å². The van der Waals surface area contributed by atoms with Crippen molar-refractivity contribution in [1.29, 1.82) is 0 Å². The molecule has 0 saturated carbocycles. The second kappa shape index (κ2) is 7.95. The van der Waals surface area contributed by atoms with Gasteiger partial charge in [0.05, 0.1) is 6.26 Å². The quantitative estimate of drug-likeness (QED) is 0.575. The molecule has 0 radical (unpaired) electrons. The smallest absolute Gasteiger partial charge is 0.407 e. The fraction of sp³-hybridized carbons (Fsp3) is 0.923. The zero-order valence-electron chi connectivity index (χ0n) is 13.9. The Morgan fingerprint density at radius 1 is 1.10 bits per heavy atom. The third kappa shape index (κ3) is 13.9. The lowest BCUT2D eigenvalue weighted by molar-refractivity contribution is 0.0527. The summed E-state index contributed by atoms with van der Waals surface area (Å²) >= 11 is 0. The minimum Gasteiger partial charge on any atom is -0.444 e. The van der Waals surface area contributed by atoms with E-state index in [9.17, 15) is 13.2 Å². The molecule has 0 fully saturated rings. The summed E-state index contributed by atoms with van der Waals surface area (Å²) in [4.78, 5) is 11.4. The lowest BCUT2D eigenvalue weighted by atomic mass is 10.1. The number of alkyl carbamates (subject to hydrolysis) is 1. The number of carbonyl (C=O) groups is 1. The zero-order chi connectivity index (χ0) is 16.7. The highest BCUT2D eigenvalue weighted by atomic mass is 32.2. The molecule has 7 nitrogen and oxygen atoms in total. The van der Waals surface area contributed by atoms with Gasteiger partial charge in [0.2, 0.25) is 10.0 Å². The molecule has 1 amide bonds. The summed E-state index contributed by atoms with van der Waals surface area (Å²) in [5, 5.41) is 5.81. The minimum atomic E-state index is -3.22. The Morgan fingerprint density at radius 2 is 1.67 bits per heavy atom. The third-order valence-corrected chi connectivity index (χ3v) is 3.15. The Hall–Kier alpha value is -0.860. The van der Waals surface area contributed by atoms with Crippen molar-refractivity contribution in [2.24, 2.45) is 0 Å². The second-order valence-corrected chi connectivity index (χ2v) is 8.47. The average Bonchev–Trinajstić information content (AvgIpc) is 2.16. The molecule has 0 saturated heterocycles. The van der Waals surface area contributed by atoms with Gasteiger partial charge in [0.25, 0.3) is 0 Å². The second-order valence-electron chi connectivity index (χ2n) is 6.72. The van der Waals surface area contributed by atoms with Crippen LogP contribution in [-0.4, -0.2) is 51.5 Å². The molecule has 0 bridgehead atoms. The van der Waals surface area contributed by atoms with E-state index in [2.05, 4.69) is 15.4 Å². The highest BCUT2D eigenvalue weighted by Gasteiger charge is 2.21. The van der Waals surface area contributed by atoms with Crippen LogP contribution in [0.25, 0.3) is 0 Å². The maximum atomic E-state index is 11.4. The first-order valence-corrected chi connectivity index (χ1v) is 8.86. The first-order chi connectivity index (χ1) is 9.31. The van der Waals surface area contributed by atoms with Crippen molar-refractivity contribution >= 4 is 16.1 Å². The predicted octanol–water partition coefficient (Wildman–Crippen LogP) is 0.819. The third-order valence-electron chi connectivity index (χ3n) is 2.23. The Bertz CT molecular complexity index is 427. The molecule has 3 N–H and O–H groups in total. The molecule has 0 aliphatic carbocycles.